The van der Waals surface area contributed by atoms with Gasteiger partial charge in [0.05, 0.1) is 13.7 Å². The Morgan fingerprint density at radius 2 is 1.76 bits per heavy atom. The van der Waals surface area contributed by atoms with Gasteiger partial charge in [0.2, 0.25) is 5.91 Å². The van der Waals surface area contributed by atoms with Gasteiger partial charge in [-0.1, -0.05) is 19.3 Å². The van der Waals surface area contributed by atoms with Gasteiger partial charge in [0.25, 0.3) is 0 Å². The summed E-state index contributed by atoms with van der Waals surface area (Å²) in [6.07, 6.45) is 8.00. The van der Waals surface area contributed by atoms with Crippen molar-refractivity contribution >= 4 is 17.8 Å². The second kappa shape index (κ2) is 9.96. The molecule has 0 atom stereocenters. The van der Waals surface area contributed by atoms with E-state index in [0.29, 0.717) is 13.0 Å². The molecule has 6 heteroatoms. The van der Waals surface area contributed by atoms with Crippen molar-refractivity contribution in [2.45, 2.75) is 38.5 Å². The van der Waals surface area contributed by atoms with Crippen molar-refractivity contribution in [3.63, 3.8) is 0 Å². The number of methoxy groups -OCH3 is 1. The summed E-state index contributed by atoms with van der Waals surface area (Å²) in [7, 11) is 1.23. The Morgan fingerprint density at radius 3 is 2.43 bits per heavy atom. The van der Waals surface area contributed by atoms with E-state index >= 15 is 0 Å². The second-order valence-corrected chi connectivity index (χ2v) is 5.00. The first-order chi connectivity index (χ1) is 10.1. The number of amides is 1. The van der Waals surface area contributed by atoms with Gasteiger partial charge in [-0.3, -0.25) is 4.79 Å². The first-order valence-electron chi connectivity index (χ1n) is 7.34. The third-order valence-electron chi connectivity index (χ3n) is 3.40. The number of esters is 2. The minimum Gasteiger partial charge on any atom is -0.466 e. The van der Waals surface area contributed by atoms with Crippen LogP contribution in [0.25, 0.3) is 0 Å². The normalized spacial score (nSPS) is 15.7. The quantitative estimate of drug-likeness (QED) is 0.436. The Kier molecular flexibility index (Phi) is 8.16. The van der Waals surface area contributed by atoms with Crippen LogP contribution in [0.2, 0.25) is 0 Å². The van der Waals surface area contributed by atoms with Crippen molar-refractivity contribution in [1.29, 1.82) is 0 Å². The smallest absolute Gasteiger partial charge is 0.331 e. The SMILES string of the molecule is COC(=O)/C=C/C(=O)OCCCNC(=O)C1CCCCC1. The molecule has 1 amide bonds. The molecule has 0 aromatic heterocycles. The molecule has 21 heavy (non-hydrogen) atoms. The highest BCUT2D eigenvalue weighted by Gasteiger charge is 2.20. The first kappa shape index (κ1) is 17.2. The average Bonchev–Trinajstić information content (AvgIpc) is 2.52. The third kappa shape index (κ3) is 7.48. The molecule has 0 spiro atoms. The third-order valence-corrected chi connectivity index (χ3v) is 3.40. The molecule has 1 aliphatic rings. The summed E-state index contributed by atoms with van der Waals surface area (Å²) in [4.78, 5) is 33.8. The van der Waals surface area contributed by atoms with Crippen molar-refractivity contribution < 1.29 is 23.9 Å². The Balaban J connectivity index is 2.06. The van der Waals surface area contributed by atoms with E-state index < -0.39 is 11.9 Å². The number of carbonyl (C=O) groups excluding carboxylic acids is 3. The van der Waals surface area contributed by atoms with E-state index in [1.54, 1.807) is 0 Å². The van der Waals surface area contributed by atoms with Crippen molar-refractivity contribution in [3.05, 3.63) is 12.2 Å². The Hall–Kier alpha value is -1.85. The fourth-order valence-electron chi connectivity index (χ4n) is 2.22. The average molecular weight is 297 g/mol. The van der Waals surface area contributed by atoms with E-state index in [9.17, 15) is 14.4 Å². The zero-order valence-electron chi connectivity index (χ0n) is 12.4. The fraction of sp³-hybridized carbons (Fsp3) is 0.667. The number of nitrogens with one attached hydrogen (secondary N) is 1. The zero-order valence-corrected chi connectivity index (χ0v) is 12.4. The standard InChI is InChI=1S/C15H23NO5/c1-20-13(17)8-9-14(18)21-11-5-10-16-15(19)12-6-3-2-4-7-12/h8-9,12H,2-7,10-11H2,1H3,(H,16,19)/b9-8+. The summed E-state index contributed by atoms with van der Waals surface area (Å²) in [5.74, 6) is -0.957. The van der Waals surface area contributed by atoms with Crippen LogP contribution in [0.15, 0.2) is 12.2 Å². The molecule has 1 saturated carbocycles. The molecule has 0 heterocycles. The molecule has 0 aromatic rings. The molecule has 1 fully saturated rings. The zero-order chi connectivity index (χ0) is 15.5. The van der Waals surface area contributed by atoms with Crippen molar-refractivity contribution in [2.24, 2.45) is 5.92 Å². The van der Waals surface area contributed by atoms with Gasteiger partial charge >= 0.3 is 11.9 Å². The highest BCUT2D eigenvalue weighted by Crippen LogP contribution is 2.23. The van der Waals surface area contributed by atoms with Crippen LogP contribution in [0.3, 0.4) is 0 Å². The molecule has 6 nitrogen and oxygen atoms in total. The van der Waals surface area contributed by atoms with E-state index in [-0.39, 0.29) is 18.4 Å². The number of carbonyl (C=O) groups is 3. The van der Waals surface area contributed by atoms with Gasteiger partial charge in [0.1, 0.15) is 0 Å². The Morgan fingerprint density at radius 1 is 1.10 bits per heavy atom. The lowest BCUT2D eigenvalue weighted by molar-refractivity contribution is -0.139. The van der Waals surface area contributed by atoms with Crippen LogP contribution in [-0.2, 0) is 23.9 Å². The predicted molar refractivity (Wildman–Crippen MR) is 76.3 cm³/mol. The van der Waals surface area contributed by atoms with Gasteiger partial charge in [-0.05, 0) is 19.3 Å². The van der Waals surface area contributed by atoms with Crippen LogP contribution < -0.4 is 5.32 Å². The molecule has 118 valence electrons. The topological polar surface area (TPSA) is 81.7 Å². The number of hydrogen-bond donors (Lipinski definition) is 1. The summed E-state index contributed by atoms with van der Waals surface area (Å²) in [6, 6.07) is 0. The lowest BCUT2D eigenvalue weighted by Crippen LogP contribution is -2.33. The molecule has 0 bridgehead atoms. The Labute approximate surface area is 124 Å². The number of rotatable bonds is 7. The predicted octanol–water partition coefficient (Wildman–Crippen LogP) is 1.35. The summed E-state index contributed by atoms with van der Waals surface area (Å²) in [6.45, 7) is 0.693. The highest BCUT2D eigenvalue weighted by molar-refractivity contribution is 5.91. The number of hydrogen-bond acceptors (Lipinski definition) is 5. The highest BCUT2D eigenvalue weighted by atomic mass is 16.5. The van der Waals surface area contributed by atoms with Crippen LogP contribution in [0.5, 0.6) is 0 Å². The fourth-order valence-corrected chi connectivity index (χ4v) is 2.22. The van der Waals surface area contributed by atoms with Crippen molar-refractivity contribution in [1.82, 2.24) is 5.32 Å². The summed E-state index contributed by atoms with van der Waals surface area (Å²) in [5, 5.41) is 2.86. The molecular formula is C15H23NO5. The van der Waals surface area contributed by atoms with Gasteiger partial charge in [0.15, 0.2) is 0 Å². The maximum absolute atomic E-state index is 11.8. The lowest BCUT2D eigenvalue weighted by Gasteiger charge is -2.20. The van der Waals surface area contributed by atoms with Gasteiger partial charge in [0, 0.05) is 24.6 Å². The molecule has 0 aromatic carbocycles. The molecule has 0 aliphatic heterocycles. The summed E-state index contributed by atoms with van der Waals surface area (Å²) < 4.78 is 9.23. The maximum Gasteiger partial charge on any atom is 0.331 e. The summed E-state index contributed by atoms with van der Waals surface area (Å²) >= 11 is 0. The molecule has 0 unspecified atom stereocenters. The molecule has 1 aliphatic carbocycles. The maximum atomic E-state index is 11.8. The van der Waals surface area contributed by atoms with Gasteiger partial charge in [-0.2, -0.15) is 0 Å². The van der Waals surface area contributed by atoms with Gasteiger partial charge < -0.3 is 14.8 Å². The van der Waals surface area contributed by atoms with E-state index in [1.165, 1.54) is 13.5 Å². The monoisotopic (exact) mass is 297 g/mol. The lowest BCUT2D eigenvalue weighted by atomic mass is 9.89. The van der Waals surface area contributed by atoms with Crippen LogP contribution >= 0.6 is 0 Å². The van der Waals surface area contributed by atoms with Gasteiger partial charge in [-0.15, -0.1) is 0 Å². The van der Waals surface area contributed by atoms with Crippen LogP contribution in [0.4, 0.5) is 0 Å². The molecule has 1 N–H and O–H groups in total. The largest absolute Gasteiger partial charge is 0.466 e. The van der Waals surface area contributed by atoms with E-state index in [4.69, 9.17) is 4.74 Å². The van der Waals surface area contributed by atoms with Crippen LogP contribution in [-0.4, -0.2) is 38.1 Å². The molecule has 0 saturated heterocycles. The van der Waals surface area contributed by atoms with E-state index in [2.05, 4.69) is 10.1 Å². The number of ether oxygens (including phenoxy) is 2. The van der Waals surface area contributed by atoms with E-state index in [0.717, 1.165) is 37.8 Å². The second-order valence-electron chi connectivity index (χ2n) is 5.00. The van der Waals surface area contributed by atoms with E-state index in [1.807, 2.05) is 0 Å². The van der Waals surface area contributed by atoms with Crippen molar-refractivity contribution in [3.8, 4) is 0 Å². The van der Waals surface area contributed by atoms with Crippen LogP contribution in [0, 0.1) is 5.92 Å². The van der Waals surface area contributed by atoms with Crippen LogP contribution in [0.1, 0.15) is 38.5 Å². The minimum absolute atomic E-state index is 0.103. The Bertz CT molecular complexity index is 386. The first-order valence-corrected chi connectivity index (χ1v) is 7.34. The molecular weight excluding hydrogens is 274 g/mol. The molecule has 1 rings (SSSR count). The van der Waals surface area contributed by atoms with Gasteiger partial charge in [-0.25, -0.2) is 9.59 Å². The van der Waals surface area contributed by atoms with Crippen molar-refractivity contribution in [2.75, 3.05) is 20.3 Å². The summed E-state index contributed by atoms with van der Waals surface area (Å²) in [5.41, 5.74) is 0. The minimum atomic E-state index is -0.605. The molecule has 0 radical (unpaired) electrons.